The molecule has 0 fully saturated rings. The second kappa shape index (κ2) is 7.11. The van der Waals surface area contributed by atoms with Gasteiger partial charge in [-0.3, -0.25) is 14.8 Å². The van der Waals surface area contributed by atoms with Crippen molar-refractivity contribution in [2.45, 2.75) is 59.9 Å². The molecule has 0 N–H and O–H groups in total. The summed E-state index contributed by atoms with van der Waals surface area (Å²) in [5.41, 5.74) is 1.58. The van der Waals surface area contributed by atoms with Crippen LogP contribution in [-0.2, 0) is 19.4 Å². The third kappa shape index (κ3) is 3.16. The van der Waals surface area contributed by atoms with Gasteiger partial charge in [-0.25, -0.2) is 0 Å². The van der Waals surface area contributed by atoms with Crippen molar-refractivity contribution in [3.8, 4) is 0 Å². The maximum atomic E-state index is 11.3. The van der Waals surface area contributed by atoms with Gasteiger partial charge >= 0.3 is 5.69 Å². The lowest BCUT2D eigenvalue weighted by atomic mass is 9.84. The number of nitrogens with zero attached hydrogens (tertiary/aromatic N) is 3. The molecule has 0 aliphatic carbocycles. The molecule has 0 aliphatic heterocycles. The zero-order valence-electron chi connectivity index (χ0n) is 12.8. The van der Waals surface area contributed by atoms with Crippen LogP contribution in [0.15, 0.2) is 0 Å². The Morgan fingerprint density at radius 3 is 2.20 bits per heavy atom. The third-order valence-corrected chi connectivity index (χ3v) is 4.94. The molecule has 1 heterocycles. The fraction of sp³-hybridized carbons (Fsp3) is 0.786. The summed E-state index contributed by atoms with van der Waals surface area (Å²) in [7, 11) is 0. The smallest absolute Gasteiger partial charge is 0.262 e. The van der Waals surface area contributed by atoms with E-state index in [1.165, 1.54) is 0 Å². The SMILES string of the molecule is CCc1nn(CC(CC)(CC)CS)c(CC)c1[N+](=O)[O-]. The standard InChI is InChI=1S/C14H25N3O2S/c1-5-11-13(17(18)19)12(6-2)16(15-11)9-14(7-3,8-4)10-20/h20H,5-10H2,1-4H3. The number of hydrogen-bond donors (Lipinski definition) is 1. The Kier molecular flexibility index (Phi) is 6.05. The Bertz CT molecular complexity index is 459. The summed E-state index contributed by atoms with van der Waals surface area (Å²) in [6, 6.07) is 0. The normalized spacial score (nSPS) is 11.8. The van der Waals surface area contributed by atoms with Crippen LogP contribution in [0.4, 0.5) is 5.69 Å². The lowest BCUT2D eigenvalue weighted by Crippen LogP contribution is -2.29. The van der Waals surface area contributed by atoms with Crippen molar-refractivity contribution in [1.82, 2.24) is 9.78 Å². The van der Waals surface area contributed by atoms with Crippen molar-refractivity contribution in [2.24, 2.45) is 5.41 Å². The number of nitro groups is 1. The highest BCUT2D eigenvalue weighted by Gasteiger charge is 2.31. The lowest BCUT2D eigenvalue weighted by Gasteiger charge is -2.30. The van der Waals surface area contributed by atoms with Gasteiger partial charge in [0.2, 0.25) is 0 Å². The van der Waals surface area contributed by atoms with E-state index in [1.807, 2.05) is 18.5 Å². The number of thiol groups is 1. The minimum absolute atomic E-state index is 0.0535. The number of hydrogen-bond acceptors (Lipinski definition) is 4. The van der Waals surface area contributed by atoms with Crippen LogP contribution in [0, 0.1) is 15.5 Å². The Labute approximate surface area is 126 Å². The van der Waals surface area contributed by atoms with E-state index in [0.29, 0.717) is 25.1 Å². The van der Waals surface area contributed by atoms with Crippen molar-refractivity contribution in [1.29, 1.82) is 0 Å². The first-order valence-electron chi connectivity index (χ1n) is 7.32. The molecule has 114 valence electrons. The van der Waals surface area contributed by atoms with Crippen LogP contribution in [0.2, 0.25) is 0 Å². The Morgan fingerprint density at radius 2 is 1.85 bits per heavy atom. The summed E-state index contributed by atoms with van der Waals surface area (Å²) in [4.78, 5) is 11.0. The molecule has 0 saturated carbocycles. The molecule has 0 bridgehead atoms. The van der Waals surface area contributed by atoms with Gasteiger partial charge in [-0.05, 0) is 36.9 Å². The van der Waals surface area contributed by atoms with Crippen molar-refractivity contribution in [3.63, 3.8) is 0 Å². The van der Waals surface area contributed by atoms with Gasteiger partial charge in [-0.1, -0.05) is 27.7 Å². The van der Waals surface area contributed by atoms with Crippen molar-refractivity contribution < 1.29 is 4.92 Å². The van der Waals surface area contributed by atoms with E-state index in [9.17, 15) is 10.1 Å². The van der Waals surface area contributed by atoms with Crippen LogP contribution in [-0.4, -0.2) is 20.5 Å². The second-order valence-corrected chi connectivity index (χ2v) is 5.55. The maximum Gasteiger partial charge on any atom is 0.313 e. The van der Waals surface area contributed by atoms with E-state index in [1.54, 1.807) is 0 Å². The summed E-state index contributed by atoms with van der Waals surface area (Å²) in [6.07, 6.45) is 3.19. The predicted molar refractivity (Wildman–Crippen MR) is 84.5 cm³/mol. The molecule has 0 aromatic carbocycles. The lowest BCUT2D eigenvalue weighted by molar-refractivity contribution is -0.386. The summed E-state index contributed by atoms with van der Waals surface area (Å²) < 4.78 is 1.85. The van der Waals surface area contributed by atoms with Crippen LogP contribution in [0.3, 0.4) is 0 Å². The van der Waals surface area contributed by atoms with Gasteiger partial charge in [-0.15, -0.1) is 0 Å². The minimum Gasteiger partial charge on any atom is -0.262 e. The predicted octanol–water partition coefficient (Wildman–Crippen LogP) is 3.65. The molecule has 0 unspecified atom stereocenters. The number of aromatic nitrogens is 2. The Morgan fingerprint density at radius 1 is 1.25 bits per heavy atom. The highest BCUT2D eigenvalue weighted by molar-refractivity contribution is 7.80. The van der Waals surface area contributed by atoms with Gasteiger partial charge in [0, 0.05) is 6.54 Å². The monoisotopic (exact) mass is 299 g/mol. The molecule has 1 aromatic rings. The third-order valence-electron chi connectivity index (χ3n) is 4.27. The molecule has 0 aliphatic rings. The molecular weight excluding hydrogens is 274 g/mol. The van der Waals surface area contributed by atoms with Gasteiger partial charge in [-0.2, -0.15) is 17.7 Å². The molecule has 1 aromatic heterocycles. The van der Waals surface area contributed by atoms with E-state index in [0.717, 1.165) is 24.3 Å². The van der Waals surface area contributed by atoms with Crippen LogP contribution < -0.4 is 0 Å². The molecule has 0 saturated heterocycles. The second-order valence-electron chi connectivity index (χ2n) is 5.23. The summed E-state index contributed by atoms with van der Waals surface area (Å²) in [5.74, 6) is 0.762. The van der Waals surface area contributed by atoms with E-state index >= 15 is 0 Å². The van der Waals surface area contributed by atoms with Gasteiger partial charge < -0.3 is 0 Å². The molecule has 0 radical (unpaired) electrons. The molecular formula is C14H25N3O2S. The molecule has 0 amide bonds. The van der Waals surface area contributed by atoms with E-state index in [4.69, 9.17) is 0 Å². The minimum atomic E-state index is -0.290. The average Bonchev–Trinajstić information content (AvgIpc) is 2.82. The Hall–Kier alpha value is -1.04. The molecule has 20 heavy (non-hydrogen) atoms. The number of rotatable bonds is 8. The first kappa shape index (κ1) is 17.0. The molecule has 1 rings (SSSR count). The topological polar surface area (TPSA) is 61.0 Å². The summed E-state index contributed by atoms with van der Waals surface area (Å²) in [5, 5.41) is 15.8. The summed E-state index contributed by atoms with van der Waals surface area (Å²) >= 11 is 4.48. The fourth-order valence-corrected chi connectivity index (χ4v) is 3.08. The van der Waals surface area contributed by atoms with Gasteiger partial charge in [0.1, 0.15) is 11.4 Å². The number of aryl methyl sites for hydroxylation is 1. The van der Waals surface area contributed by atoms with Gasteiger partial charge in [0.15, 0.2) is 0 Å². The van der Waals surface area contributed by atoms with Crippen molar-refractivity contribution >= 4 is 18.3 Å². The quantitative estimate of drug-likeness (QED) is 0.453. The Balaban J connectivity index is 3.28. The van der Waals surface area contributed by atoms with Crippen LogP contribution in [0.25, 0.3) is 0 Å². The molecule has 0 spiro atoms. The molecule has 6 heteroatoms. The van der Waals surface area contributed by atoms with Gasteiger partial charge in [0.05, 0.1) is 4.92 Å². The average molecular weight is 299 g/mol. The zero-order chi connectivity index (χ0) is 15.3. The van der Waals surface area contributed by atoms with Crippen molar-refractivity contribution in [3.05, 3.63) is 21.5 Å². The van der Waals surface area contributed by atoms with Crippen LogP contribution >= 0.6 is 12.6 Å². The van der Waals surface area contributed by atoms with Crippen LogP contribution in [0.1, 0.15) is 51.9 Å². The maximum absolute atomic E-state index is 11.3. The first-order valence-corrected chi connectivity index (χ1v) is 7.95. The van der Waals surface area contributed by atoms with Crippen molar-refractivity contribution in [2.75, 3.05) is 5.75 Å². The van der Waals surface area contributed by atoms with E-state index in [-0.39, 0.29) is 16.0 Å². The fourth-order valence-electron chi connectivity index (χ4n) is 2.54. The zero-order valence-corrected chi connectivity index (χ0v) is 13.7. The first-order chi connectivity index (χ1) is 9.48. The van der Waals surface area contributed by atoms with Crippen LogP contribution in [0.5, 0.6) is 0 Å². The van der Waals surface area contributed by atoms with E-state index < -0.39 is 0 Å². The molecule has 0 atom stereocenters. The highest BCUT2D eigenvalue weighted by atomic mass is 32.1. The van der Waals surface area contributed by atoms with E-state index in [2.05, 4.69) is 31.6 Å². The summed E-state index contributed by atoms with van der Waals surface area (Å²) in [6.45, 7) is 8.84. The molecule has 5 nitrogen and oxygen atoms in total. The van der Waals surface area contributed by atoms with Gasteiger partial charge in [0.25, 0.3) is 0 Å². The largest absolute Gasteiger partial charge is 0.313 e. The highest BCUT2D eigenvalue weighted by Crippen LogP contribution is 2.33.